The summed E-state index contributed by atoms with van der Waals surface area (Å²) >= 11 is 0. The minimum Gasteiger partial charge on any atom is -0.393 e. The molecule has 0 saturated carbocycles. The van der Waals surface area contributed by atoms with Gasteiger partial charge in [-0.15, -0.1) is 0 Å². The van der Waals surface area contributed by atoms with Gasteiger partial charge in [0, 0.05) is 0 Å². The molecule has 0 aliphatic rings. The zero-order valence-corrected chi connectivity index (χ0v) is 3.29. The Hall–Kier alpha value is -0.120. The summed E-state index contributed by atoms with van der Waals surface area (Å²) in [6.45, 7) is -0.951. The van der Waals surface area contributed by atoms with Crippen molar-refractivity contribution in [3.63, 3.8) is 0 Å². The Labute approximate surface area is 35.9 Å². The zero-order chi connectivity index (χ0) is 4.99. The Balaban J connectivity index is 2.75. The second-order valence-electron chi connectivity index (χ2n) is 0.987. The van der Waals surface area contributed by atoms with E-state index in [0.29, 0.717) is 0 Å². The highest BCUT2D eigenvalue weighted by atomic mass is 16.3. The number of aliphatic hydroxyl groups is 2. The molecule has 3 nitrogen and oxygen atoms in total. The first-order chi connectivity index (χ1) is 2.81. The molecule has 1 radical (unpaired) electrons. The van der Waals surface area contributed by atoms with E-state index in [9.17, 15) is 5.11 Å². The Morgan fingerprint density at radius 1 is 1.33 bits per heavy atom. The maximum Gasteiger partial charge on any atom is 0.139 e. The Kier molecular flexibility index (Phi) is 3.02. The van der Waals surface area contributed by atoms with Gasteiger partial charge in [-0.05, 0) is 0 Å². The average Bonchev–Trinajstić information content (AvgIpc) is 1.65. The van der Waals surface area contributed by atoms with Crippen LogP contribution in [0.2, 0.25) is 0 Å². The standard InChI is InChI=1S/C3H7O3/c4-1-3(6)2-5/h3-5H,1-2H2. The van der Waals surface area contributed by atoms with Crippen LogP contribution in [0.5, 0.6) is 0 Å². The summed E-state index contributed by atoms with van der Waals surface area (Å²) in [4.78, 5) is 0. The van der Waals surface area contributed by atoms with Crippen LogP contribution >= 0.6 is 0 Å². The molecule has 37 valence electrons. The molecule has 0 aromatic carbocycles. The summed E-state index contributed by atoms with van der Waals surface area (Å²) in [5.74, 6) is 0. The van der Waals surface area contributed by atoms with E-state index in [1.165, 1.54) is 0 Å². The van der Waals surface area contributed by atoms with Gasteiger partial charge in [0.25, 0.3) is 0 Å². The van der Waals surface area contributed by atoms with Gasteiger partial charge in [0.2, 0.25) is 0 Å². The lowest BCUT2D eigenvalue weighted by molar-refractivity contribution is -0.00439. The first-order valence-electron chi connectivity index (χ1n) is 1.68. The van der Waals surface area contributed by atoms with Crippen molar-refractivity contribution in [3.8, 4) is 0 Å². The summed E-state index contributed by atoms with van der Waals surface area (Å²) < 4.78 is 0. The molecule has 0 rings (SSSR count). The van der Waals surface area contributed by atoms with Gasteiger partial charge < -0.3 is 10.2 Å². The molecule has 0 unspecified atom stereocenters. The summed E-state index contributed by atoms with van der Waals surface area (Å²) in [5.41, 5.74) is 0. The molecule has 0 aromatic rings. The lowest BCUT2D eigenvalue weighted by atomic mass is 10.4. The minimum atomic E-state index is -1.20. The molecule has 0 atom stereocenters. The molecule has 0 heterocycles. The average molecular weight is 91.1 g/mol. The van der Waals surface area contributed by atoms with Crippen molar-refractivity contribution in [1.29, 1.82) is 0 Å². The van der Waals surface area contributed by atoms with Gasteiger partial charge in [-0.2, -0.15) is 0 Å². The first-order valence-corrected chi connectivity index (χ1v) is 1.68. The maximum absolute atomic E-state index is 9.76. The molecule has 0 amide bonds. The molecule has 0 saturated heterocycles. The highest BCUT2D eigenvalue weighted by molar-refractivity contribution is 4.43. The molecule has 0 aromatic heterocycles. The van der Waals surface area contributed by atoms with Crippen molar-refractivity contribution >= 4 is 0 Å². The van der Waals surface area contributed by atoms with Crippen molar-refractivity contribution in [1.82, 2.24) is 0 Å². The maximum atomic E-state index is 9.76. The SMILES string of the molecule is [O]C(CO)CO. The van der Waals surface area contributed by atoms with Crippen LogP contribution in [-0.2, 0) is 5.11 Å². The topological polar surface area (TPSA) is 60.4 Å². The fourth-order valence-corrected chi connectivity index (χ4v) is 0.0577. The van der Waals surface area contributed by atoms with Crippen LogP contribution in [0.4, 0.5) is 0 Å². The molecule has 0 fully saturated rings. The van der Waals surface area contributed by atoms with Crippen molar-refractivity contribution < 1.29 is 15.3 Å². The van der Waals surface area contributed by atoms with Crippen LogP contribution in [0.3, 0.4) is 0 Å². The van der Waals surface area contributed by atoms with Gasteiger partial charge in [0.15, 0.2) is 0 Å². The lowest BCUT2D eigenvalue weighted by Crippen LogP contribution is -2.14. The third-order valence-corrected chi connectivity index (χ3v) is 0.407. The largest absolute Gasteiger partial charge is 0.393 e. The molecule has 0 bridgehead atoms. The fraction of sp³-hybridized carbons (Fsp3) is 1.00. The summed E-state index contributed by atoms with van der Waals surface area (Å²) in [6.07, 6.45) is -1.20. The first kappa shape index (κ1) is 5.88. The van der Waals surface area contributed by atoms with Crippen LogP contribution in [0.1, 0.15) is 0 Å². The van der Waals surface area contributed by atoms with E-state index in [-0.39, 0.29) is 0 Å². The van der Waals surface area contributed by atoms with Gasteiger partial charge in [-0.1, -0.05) is 0 Å². The summed E-state index contributed by atoms with van der Waals surface area (Å²) in [6, 6.07) is 0. The molecular formula is C3H7O3. The van der Waals surface area contributed by atoms with E-state index < -0.39 is 19.3 Å². The monoisotopic (exact) mass is 91.0 g/mol. The Morgan fingerprint density at radius 2 is 1.67 bits per heavy atom. The lowest BCUT2D eigenvalue weighted by Gasteiger charge is -1.93. The predicted octanol–water partition coefficient (Wildman–Crippen LogP) is -1.23. The second-order valence-corrected chi connectivity index (χ2v) is 0.987. The Bertz CT molecular complexity index is 25.2. The third kappa shape index (κ3) is 2.14. The molecule has 0 aliphatic carbocycles. The van der Waals surface area contributed by atoms with E-state index in [1.807, 2.05) is 0 Å². The van der Waals surface area contributed by atoms with E-state index in [1.54, 1.807) is 0 Å². The molecule has 3 heteroatoms. The van der Waals surface area contributed by atoms with E-state index in [4.69, 9.17) is 10.2 Å². The van der Waals surface area contributed by atoms with Crippen LogP contribution < -0.4 is 0 Å². The van der Waals surface area contributed by atoms with Crippen molar-refractivity contribution in [3.05, 3.63) is 0 Å². The molecule has 6 heavy (non-hydrogen) atoms. The highest BCUT2D eigenvalue weighted by Crippen LogP contribution is 1.73. The summed E-state index contributed by atoms with van der Waals surface area (Å²) in [5, 5.41) is 25.5. The number of rotatable bonds is 2. The molecule has 2 N–H and O–H groups in total. The minimum absolute atomic E-state index is 0.476. The number of hydrogen-bond acceptors (Lipinski definition) is 2. The van der Waals surface area contributed by atoms with Crippen LogP contribution in [0.25, 0.3) is 0 Å². The van der Waals surface area contributed by atoms with Crippen LogP contribution in [0, 0.1) is 0 Å². The predicted molar refractivity (Wildman–Crippen MR) is 18.6 cm³/mol. The van der Waals surface area contributed by atoms with Gasteiger partial charge in [0.05, 0.1) is 13.2 Å². The normalized spacial score (nSPS) is 10.0. The zero-order valence-electron chi connectivity index (χ0n) is 3.29. The third-order valence-electron chi connectivity index (χ3n) is 0.407. The van der Waals surface area contributed by atoms with Crippen LogP contribution in [-0.4, -0.2) is 29.5 Å². The van der Waals surface area contributed by atoms with Gasteiger partial charge in [-0.25, -0.2) is 5.11 Å². The number of hydrogen-bond donors (Lipinski definition) is 2. The Morgan fingerprint density at radius 3 is 1.67 bits per heavy atom. The van der Waals surface area contributed by atoms with Gasteiger partial charge >= 0.3 is 0 Å². The van der Waals surface area contributed by atoms with E-state index in [0.717, 1.165) is 0 Å². The van der Waals surface area contributed by atoms with Gasteiger partial charge in [-0.3, -0.25) is 0 Å². The number of aliphatic hydroxyl groups excluding tert-OH is 2. The fourth-order valence-electron chi connectivity index (χ4n) is 0.0577. The molecule has 0 aliphatic heterocycles. The van der Waals surface area contributed by atoms with Gasteiger partial charge in [0.1, 0.15) is 6.10 Å². The summed E-state index contributed by atoms with van der Waals surface area (Å²) in [7, 11) is 0. The van der Waals surface area contributed by atoms with Crippen molar-refractivity contribution in [2.75, 3.05) is 13.2 Å². The highest BCUT2D eigenvalue weighted by Gasteiger charge is 1.96. The quantitative estimate of drug-likeness (QED) is 0.447. The second kappa shape index (κ2) is 3.08. The van der Waals surface area contributed by atoms with Crippen molar-refractivity contribution in [2.24, 2.45) is 0 Å². The smallest absolute Gasteiger partial charge is 0.139 e. The van der Waals surface area contributed by atoms with E-state index in [2.05, 4.69) is 0 Å². The van der Waals surface area contributed by atoms with Crippen LogP contribution in [0.15, 0.2) is 0 Å². The molecule has 0 spiro atoms. The molecular weight excluding hydrogens is 84.0 g/mol. The van der Waals surface area contributed by atoms with E-state index >= 15 is 0 Å². The van der Waals surface area contributed by atoms with Crippen molar-refractivity contribution in [2.45, 2.75) is 6.10 Å².